The summed E-state index contributed by atoms with van der Waals surface area (Å²) in [5.74, 6) is 0.0956. The second kappa shape index (κ2) is 5.82. The number of aromatic nitrogens is 1. The highest BCUT2D eigenvalue weighted by atomic mass is 19.4. The minimum absolute atomic E-state index is 0.149. The fraction of sp³-hybridized carbons (Fsp3) is 0.667. The molecule has 1 atom stereocenters. The summed E-state index contributed by atoms with van der Waals surface area (Å²) in [6.07, 6.45) is -2.93. The Balaban J connectivity index is 1.88. The predicted molar refractivity (Wildman–Crippen MR) is 64.2 cm³/mol. The Labute approximate surface area is 114 Å². The van der Waals surface area contributed by atoms with Crippen molar-refractivity contribution in [2.75, 3.05) is 19.6 Å². The standard InChI is InChI=1S/C12H16F3N3O2/c1-8-5-10(17-20-8)11(19)16-9-3-2-4-18(6-9)7-12(13,14)15/h5,9H,2-4,6-7H2,1H3,(H,16,19). The molecule has 1 fully saturated rings. The van der Waals surface area contributed by atoms with Gasteiger partial charge in [0.1, 0.15) is 5.76 Å². The van der Waals surface area contributed by atoms with Crippen LogP contribution in [-0.4, -0.2) is 47.8 Å². The molecule has 1 saturated heterocycles. The van der Waals surface area contributed by atoms with Crippen LogP contribution in [0.2, 0.25) is 0 Å². The van der Waals surface area contributed by atoms with E-state index in [-0.39, 0.29) is 18.3 Å². The average molecular weight is 291 g/mol. The molecule has 1 aliphatic rings. The van der Waals surface area contributed by atoms with Crippen LogP contribution in [0.4, 0.5) is 13.2 Å². The molecular weight excluding hydrogens is 275 g/mol. The van der Waals surface area contributed by atoms with Crippen molar-refractivity contribution < 1.29 is 22.5 Å². The Morgan fingerprint density at radius 3 is 2.95 bits per heavy atom. The lowest BCUT2D eigenvalue weighted by Crippen LogP contribution is -2.50. The third-order valence-electron chi connectivity index (χ3n) is 3.10. The molecule has 112 valence electrons. The second-order valence-electron chi connectivity index (χ2n) is 4.99. The molecule has 1 aromatic heterocycles. The van der Waals surface area contributed by atoms with Gasteiger partial charge in [0.25, 0.3) is 5.91 Å². The second-order valence-corrected chi connectivity index (χ2v) is 4.99. The summed E-state index contributed by atoms with van der Waals surface area (Å²) in [6.45, 7) is 1.31. The number of aryl methyl sites for hydroxylation is 1. The lowest BCUT2D eigenvalue weighted by molar-refractivity contribution is -0.148. The molecule has 5 nitrogen and oxygen atoms in total. The molecule has 0 radical (unpaired) electrons. The van der Waals surface area contributed by atoms with Crippen LogP contribution < -0.4 is 5.32 Å². The summed E-state index contributed by atoms with van der Waals surface area (Å²) >= 11 is 0. The molecule has 2 heterocycles. The number of halogens is 3. The zero-order chi connectivity index (χ0) is 14.8. The van der Waals surface area contributed by atoms with Gasteiger partial charge in [-0.1, -0.05) is 5.16 Å². The lowest BCUT2D eigenvalue weighted by atomic mass is 10.1. The van der Waals surface area contributed by atoms with Crippen LogP contribution in [-0.2, 0) is 0 Å². The molecule has 0 aliphatic carbocycles. The van der Waals surface area contributed by atoms with Crippen LogP contribution in [0, 0.1) is 6.92 Å². The number of hydrogen-bond acceptors (Lipinski definition) is 4. The van der Waals surface area contributed by atoms with Gasteiger partial charge in [0.05, 0.1) is 6.54 Å². The monoisotopic (exact) mass is 291 g/mol. The number of rotatable bonds is 3. The van der Waals surface area contributed by atoms with E-state index in [1.165, 1.54) is 11.0 Å². The van der Waals surface area contributed by atoms with Gasteiger partial charge in [-0.3, -0.25) is 9.69 Å². The molecule has 1 aliphatic heterocycles. The van der Waals surface area contributed by atoms with E-state index in [9.17, 15) is 18.0 Å². The van der Waals surface area contributed by atoms with Crippen molar-refractivity contribution in [3.63, 3.8) is 0 Å². The maximum atomic E-state index is 12.3. The van der Waals surface area contributed by atoms with Crippen LogP contribution in [0.25, 0.3) is 0 Å². The van der Waals surface area contributed by atoms with E-state index in [0.29, 0.717) is 25.1 Å². The van der Waals surface area contributed by atoms with Gasteiger partial charge in [-0.15, -0.1) is 0 Å². The summed E-state index contributed by atoms with van der Waals surface area (Å²) < 4.78 is 41.8. The Morgan fingerprint density at radius 1 is 1.60 bits per heavy atom. The number of carbonyl (C=O) groups excluding carboxylic acids is 1. The van der Waals surface area contributed by atoms with Gasteiger partial charge < -0.3 is 9.84 Å². The van der Waals surface area contributed by atoms with E-state index >= 15 is 0 Å². The number of nitrogens with zero attached hydrogens (tertiary/aromatic N) is 2. The highest BCUT2D eigenvalue weighted by molar-refractivity contribution is 5.92. The Hall–Kier alpha value is -1.57. The largest absolute Gasteiger partial charge is 0.401 e. The molecule has 1 unspecified atom stereocenters. The lowest BCUT2D eigenvalue weighted by Gasteiger charge is -2.33. The van der Waals surface area contributed by atoms with Crippen molar-refractivity contribution in [2.45, 2.75) is 32.0 Å². The molecule has 0 spiro atoms. The van der Waals surface area contributed by atoms with Gasteiger partial charge in [0.15, 0.2) is 5.69 Å². The molecule has 20 heavy (non-hydrogen) atoms. The average Bonchev–Trinajstić information content (AvgIpc) is 2.74. The Kier molecular flexibility index (Phi) is 4.32. The molecule has 8 heteroatoms. The highest BCUT2D eigenvalue weighted by Crippen LogP contribution is 2.19. The molecule has 1 N–H and O–H groups in total. The number of nitrogens with one attached hydrogen (secondary N) is 1. The molecular formula is C12H16F3N3O2. The third-order valence-corrected chi connectivity index (χ3v) is 3.10. The fourth-order valence-electron chi connectivity index (χ4n) is 2.30. The molecule has 0 bridgehead atoms. The normalized spacial score (nSPS) is 20.9. The zero-order valence-electron chi connectivity index (χ0n) is 11.0. The van der Waals surface area contributed by atoms with Crippen LogP contribution >= 0.6 is 0 Å². The maximum absolute atomic E-state index is 12.3. The molecule has 0 aromatic carbocycles. The van der Waals surface area contributed by atoms with E-state index in [2.05, 4.69) is 10.5 Å². The summed E-state index contributed by atoms with van der Waals surface area (Å²) in [5, 5.41) is 6.27. The van der Waals surface area contributed by atoms with Crippen molar-refractivity contribution >= 4 is 5.91 Å². The minimum Gasteiger partial charge on any atom is -0.361 e. The first-order valence-corrected chi connectivity index (χ1v) is 6.37. The van der Waals surface area contributed by atoms with E-state index in [0.717, 1.165) is 0 Å². The van der Waals surface area contributed by atoms with Gasteiger partial charge in [-0.2, -0.15) is 13.2 Å². The fourth-order valence-corrected chi connectivity index (χ4v) is 2.30. The van der Waals surface area contributed by atoms with Crippen molar-refractivity contribution in [2.24, 2.45) is 0 Å². The zero-order valence-corrected chi connectivity index (χ0v) is 11.0. The van der Waals surface area contributed by atoms with Gasteiger partial charge in [0.2, 0.25) is 0 Å². The SMILES string of the molecule is Cc1cc(C(=O)NC2CCCN(CC(F)(F)F)C2)no1. The minimum atomic E-state index is -4.21. The van der Waals surface area contributed by atoms with Crippen LogP contribution in [0.1, 0.15) is 29.1 Å². The van der Waals surface area contributed by atoms with Gasteiger partial charge in [-0.25, -0.2) is 0 Å². The van der Waals surface area contributed by atoms with Gasteiger partial charge in [-0.05, 0) is 26.3 Å². The smallest absolute Gasteiger partial charge is 0.361 e. The maximum Gasteiger partial charge on any atom is 0.401 e. The van der Waals surface area contributed by atoms with Crippen molar-refractivity contribution in [1.29, 1.82) is 0 Å². The first kappa shape index (κ1) is 14.8. The first-order chi connectivity index (χ1) is 9.33. The van der Waals surface area contributed by atoms with Crippen molar-refractivity contribution in [3.8, 4) is 0 Å². The summed E-state index contributed by atoms with van der Waals surface area (Å²) in [4.78, 5) is 13.2. The number of hydrogen-bond donors (Lipinski definition) is 1. The van der Waals surface area contributed by atoms with Crippen molar-refractivity contribution in [1.82, 2.24) is 15.4 Å². The number of alkyl halides is 3. The van der Waals surface area contributed by atoms with E-state index in [4.69, 9.17) is 4.52 Å². The van der Waals surface area contributed by atoms with Crippen molar-refractivity contribution in [3.05, 3.63) is 17.5 Å². The van der Waals surface area contributed by atoms with E-state index in [1.807, 2.05) is 0 Å². The summed E-state index contributed by atoms with van der Waals surface area (Å²) in [6, 6.07) is 1.20. The molecule has 0 saturated carbocycles. The van der Waals surface area contributed by atoms with Crippen LogP contribution in [0.15, 0.2) is 10.6 Å². The predicted octanol–water partition coefficient (Wildman–Crippen LogP) is 1.74. The number of piperidine rings is 1. The van der Waals surface area contributed by atoms with E-state index in [1.54, 1.807) is 6.92 Å². The number of likely N-dealkylation sites (tertiary alicyclic amines) is 1. The summed E-state index contributed by atoms with van der Waals surface area (Å²) in [5.41, 5.74) is 0.149. The van der Waals surface area contributed by atoms with Gasteiger partial charge >= 0.3 is 6.18 Å². The van der Waals surface area contributed by atoms with Crippen LogP contribution in [0.3, 0.4) is 0 Å². The Morgan fingerprint density at radius 2 is 2.35 bits per heavy atom. The highest BCUT2D eigenvalue weighted by Gasteiger charge is 2.33. The molecule has 2 rings (SSSR count). The van der Waals surface area contributed by atoms with Gasteiger partial charge in [0, 0.05) is 18.7 Å². The molecule has 1 aromatic rings. The number of amides is 1. The summed E-state index contributed by atoms with van der Waals surface area (Å²) in [7, 11) is 0. The topological polar surface area (TPSA) is 58.4 Å². The quantitative estimate of drug-likeness (QED) is 0.921. The van der Waals surface area contributed by atoms with Crippen LogP contribution in [0.5, 0.6) is 0 Å². The molecule has 1 amide bonds. The van der Waals surface area contributed by atoms with E-state index < -0.39 is 18.6 Å². The first-order valence-electron chi connectivity index (χ1n) is 6.37. The third kappa shape index (κ3) is 4.22. The number of carbonyl (C=O) groups is 1. The Bertz CT molecular complexity index is 473.